The Hall–Kier alpha value is -1.68. The molecule has 1 aliphatic rings. The van der Waals surface area contributed by atoms with E-state index in [1.54, 1.807) is 0 Å². The molecule has 0 aromatic heterocycles. The van der Waals surface area contributed by atoms with Crippen molar-refractivity contribution in [1.82, 2.24) is 9.80 Å². The van der Waals surface area contributed by atoms with Crippen LogP contribution in [0.2, 0.25) is 0 Å². The van der Waals surface area contributed by atoms with Crippen LogP contribution in [0, 0.1) is 6.92 Å². The molecule has 0 saturated carbocycles. The van der Waals surface area contributed by atoms with Crippen LogP contribution in [0.1, 0.15) is 42.1 Å². The van der Waals surface area contributed by atoms with Crippen molar-refractivity contribution in [3.63, 3.8) is 0 Å². The van der Waals surface area contributed by atoms with Gasteiger partial charge in [0.15, 0.2) is 5.78 Å². The van der Waals surface area contributed by atoms with Crippen molar-refractivity contribution in [3.8, 4) is 0 Å². The summed E-state index contributed by atoms with van der Waals surface area (Å²) < 4.78 is 0. The van der Waals surface area contributed by atoms with Gasteiger partial charge in [0, 0.05) is 38.0 Å². The molecule has 4 heteroatoms. The van der Waals surface area contributed by atoms with Gasteiger partial charge in [-0.3, -0.25) is 9.59 Å². The summed E-state index contributed by atoms with van der Waals surface area (Å²) in [5.41, 5.74) is 1.84. The Morgan fingerprint density at radius 3 is 2.41 bits per heavy atom. The van der Waals surface area contributed by atoms with Gasteiger partial charge in [-0.2, -0.15) is 0 Å². The molecule has 0 radical (unpaired) electrons. The fraction of sp³-hybridized carbons (Fsp3) is 0.556. The number of nitrogens with zero attached hydrogens (tertiary/aromatic N) is 2. The standard InChI is InChI=1S/C18H26N2O2/c1-3-19-11-4-12-20(14-13-19)18(22)10-9-17(21)16-7-5-15(2)6-8-16/h5-8H,3-4,9-14H2,1-2H3. The number of rotatable bonds is 5. The molecule has 0 bridgehead atoms. The minimum atomic E-state index is 0.0540. The predicted octanol–water partition coefficient (Wildman–Crippen LogP) is 2.51. The van der Waals surface area contributed by atoms with E-state index in [2.05, 4.69) is 11.8 Å². The number of Topliss-reactive ketones (excluding diaryl/α,β-unsaturated/α-hetero) is 1. The first kappa shape index (κ1) is 16.7. The summed E-state index contributed by atoms with van der Waals surface area (Å²) in [7, 11) is 0. The molecule has 0 aliphatic carbocycles. The van der Waals surface area contributed by atoms with Crippen LogP contribution in [0.4, 0.5) is 0 Å². The molecule has 1 heterocycles. The van der Waals surface area contributed by atoms with Crippen molar-refractivity contribution >= 4 is 11.7 Å². The van der Waals surface area contributed by atoms with Crippen molar-refractivity contribution in [2.45, 2.75) is 33.1 Å². The zero-order chi connectivity index (χ0) is 15.9. The second-order valence-electron chi connectivity index (χ2n) is 5.96. The van der Waals surface area contributed by atoms with Gasteiger partial charge in [-0.15, -0.1) is 0 Å². The van der Waals surface area contributed by atoms with Crippen molar-refractivity contribution in [1.29, 1.82) is 0 Å². The Bertz CT molecular complexity index is 510. The molecule has 0 spiro atoms. The number of carbonyl (C=O) groups excluding carboxylic acids is 2. The molecule has 1 saturated heterocycles. The topological polar surface area (TPSA) is 40.6 Å². The number of hydrogen-bond acceptors (Lipinski definition) is 3. The highest BCUT2D eigenvalue weighted by Gasteiger charge is 2.19. The zero-order valence-electron chi connectivity index (χ0n) is 13.7. The molecule has 0 atom stereocenters. The van der Waals surface area contributed by atoms with Gasteiger partial charge in [-0.25, -0.2) is 0 Å². The Morgan fingerprint density at radius 2 is 1.73 bits per heavy atom. The lowest BCUT2D eigenvalue weighted by Gasteiger charge is -2.21. The molecule has 0 unspecified atom stereocenters. The number of likely N-dealkylation sites (N-methyl/N-ethyl adjacent to an activating group) is 1. The second-order valence-corrected chi connectivity index (χ2v) is 5.96. The number of amides is 1. The van der Waals surface area contributed by atoms with Crippen LogP contribution >= 0.6 is 0 Å². The summed E-state index contributed by atoms with van der Waals surface area (Å²) in [5, 5.41) is 0. The molecule has 22 heavy (non-hydrogen) atoms. The summed E-state index contributed by atoms with van der Waals surface area (Å²) in [6.45, 7) is 8.78. The number of carbonyl (C=O) groups is 2. The fourth-order valence-electron chi connectivity index (χ4n) is 2.80. The van der Waals surface area contributed by atoms with Crippen molar-refractivity contribution in [3.05, 3.63) is 35.4 Å². The maximum Gasteiger partial charge on any atom is 0.223 e. The third kappa shape index (κ3) is 4.67. The molecule has 4 nitrogen and oxygen atoms in total. The van der Waals surface area contributed by atoms with Gasteiger partial charge in [-0.1, -0.05) is 36.8 Å². The monoisotopic (exact) mass is 302 g/mol. The van der Waals surface area contributed by atoms with E-state index < -0.39 is 0 Å². The highest BCUT2D eigenvalue weighted by atomic mass is 16.2. The van der Waals surface area contributed by atoms with E-state index in [9.17, 15) is 9.59 Å². The van der Waals surface area contributed by atoms with Crippen LogP contribution in [0.3, 0.4) is 0 Å². The SMILES string of the molecule is CCN1CCCN(C(=O)CCC(=O)c2ccc(C)cc2)CC1. The summed E-state index contributed by atoms with van der Waals surface area (Å²) in [5.74, 6) is 0.164. The Kier molecular flexibility index (Phi) is 6.13. The molecule has 120 valence electrons. The largest absolute Gasteiger partial charge is 0.341 e. The first-order valence-electron chi connectivity index (χ1n) is 8.20. The van der Waals surface area contributed by atoms with Crippen LogP contribution in [0.5, 0.6) is 0 Å². The lowest BCUT2D eigenvalue weighted by atomic mass is 10.0. The summed E-state index contributed by atoms with van der Waals surface area (Å²) >= 11 is 0. The molecule has 1 aromatic carbocycles. The van der Waals surface area contributed by atoms with E-state index in [-0.39, 0.29) is 11.7 Å². The first-order chi connectivity index (χ1) is 10.6. The highest BCUT2D eigenvalue weighted by molar-refractivity contribution is 5.97. The Balaban J connectivity index is 1.82. The lowest BCUT2D eigenvalue weighted by Crippen LogP contribution is -2.35. The number of ketones is 1. The summed E-state index contributed by atoms with van der Waals surface area (Å²) in [6.07, 6.45) is 1.64. The van der Waals surface area contributed by atoms with Gasteiger partial charge < -0.3 is 9.80 Å². The second kappa shape index (κ2) is 8.08. The van der Waals surface area contributed by atoms with Gasteiger partial charge in [0.1, 0.15) is 0 Å². The van der Waals surface area contributed by atoms with Gasteiger partial charge >= 0.3 is 0 Å². The minimum Gasteiger partial charge on any atom is -0.341 e. The van der Waals surface area contributed by atoms with Crippen LogP contribution in [-0.4, -0.2) is 54.2 Å². The third-order valence-corrected chi connectivity index (χ3v) is 4.33. The maximum absolute atomic E-state index is 12.3. The van der Waals surface area contributed by atoms with Crippen LogP contribution in [-0.2, 0) is 4.79 Å². The summed E-state index contributed by atoms with van der Waals surface area (Å²) in [6, 6.07) is 7.55. The van der Waals surface area contributed by atoms with E-state index in [0.717, 1.165) is 44.7 Å². The third-order valence-electron chi connectivity index (χ3n) is 4.33. The Labute approximate surface area is 133 Å². The molecule has 2 rings (SSSR count). The molecule has 1 aliphatic heterocycles. The average Bonchev–Trinajstić information content (AvgIpc) is 2.78. The smallest absolute Gasteiger partial charge is 0.223 e. The normalized spacial score (nSPS) is 16.4. The lowest BCUT2D eigenvalue weighted by molar-refractivity contribution is -0.131. The van der Waals surface area contributed by atoms with Gasteiger partial charge in [0.2, 0.25) is 5.91 Å². The van der Waals surface area contributed by atoms with Gasteiger partial charge in [-0.05, 0) is 26.4 Å². The van der Waals surface area contributed by atoms with E-state index in [4.69, 9.17) is 0 Å². The molecular weight excluding hydrogens is 276 g/mol. The molecule has 1 fully saturated rings. The van der Waals surface area contributed by atoms with Crippen molar-refractivity contribution in [2.24, 2.45) is 0 Å². The molecule has 1 aromatic rings. The molecule has 0 N–H and O–H groups in total. The van der Waals surface area contributed by atoms with Gasteiger partial charge in [0.25, 0.3) is 0 Å². The van der Waals surface area contributed by atoms with Crippen LogP contribution < -0.4 is 0 Å². The summed E-state index contributed by atoms with van der Waals surface area (Å²) in [4.78, 5) is 28.7. The number of hydrogen-bond donors (Lipinski definition) is 0. The van der Waals surface area contributed by atoms with E-state index in [0.29, 0.717) is 18.4 Å². The number of benzene rings is 1. The van der Waals surface area contributed by atoms with E-state index in [1.165, 1.54) is 0 Å². The number of aryl methyl sites for hydroxylation is 1. The quantitative estimate of drug-likeness (QED) is 0.785. The molecule has 1 amide bonds. The predicted molar refractivity (Wildman–Crippen MR) is 88.1 cm³/mol. The van der Waals surface area contributed by atoms with Crippen LogP contribution in [0.15, 0.2) is 24.3 Å². The van der Waals surface area contributed by atoms with Crippen LogP contribution in [0.25, 0.3) is 0 Å². The average molecular weight is 302 g/mol. The van der Waals surface area contributed by atoms with E-state index >= 15 is 0 Å². The highest BCUT2D eigenvalue weighted by Crippen LogP contribution is 2.10. The maximum atomic E-state index is 12.3. The fourth-order valence-corrected chi connectivity index (χ4v) is 2.80. The van der Waals surface area contributed by atoms with Crippen molar-refractivity contribution < 1.29 is 9.59 Å². The zero-order valence-corrected chi connectivity index (χ0v) is 13.7. The minimum absolute atomic E-state index is 0.0540. The first-order valence-corrected chi connectivity index (χ1v) is 8.20. The van der Waals surface area contributed by atoms with Crippen molar-refractivity contribution in [2.75, 3.05) is 32.7 Å². The molecular formula is C18H26N2O2. The van der Waals surface area contributed by atoms with E-state index in [1.807, 2.05) is 36.1 Å². The Morgan fingerprint density at radius 1 is 1.00 bits per heavy atom. The van der Waals surface area contributed by atoms with Gasteiger partial charge in [0.05, 0.1) is 0 Å².